The molecule has 110 valence electrons. The molecule has 0 radical (unpaired) electrons. The van der Waals surface area contributed by atoms with E-state index in [0.29, 0.717) is 6.07 Å². The number of alkyl halides is 3. The minimum atomic E-state index is -4.55. The first-order chi connectivity index (χ1) is 9.75. The van der Waals surface area contributed by atoms with Gasteiger partial charge in [0.15, 0.2) is 0 Å². The summed E-state index contributed by atoms with van der Waals surface area (Å²) in [4.78, 5) is 11.8. The van der Waals surface area contributed by atoms with Gasteiger partial charge in [0.2, 0.25) is 0 Å². The summed E-state index contributed by atoms with van der Waals surface area (Å²) in [5, 5.41) is 2.15. The van der Waals surface area contributed by atoms with E-state index < -0.39 is 29.3 Å². The third-order valence-corrected chi connectivity index (χ3v) is 2.57. The highest BCUT2D eigenvalue weighted by Crippen LogP contribution is 2.30. The van der Waals surface area contributed by atoms with Gasteiger partial charge in [-0.05, 0) is 30.3 Å². The standard InChI is InChI=1S/C14H8F5NO/c15-10-4-8(5-11(16)7-10)13(21)20-12-3-1-2-9(6-12)14(17,18)19/h1-7H,(H,20,21). The molecule has 0 aliphatic rings. The summed E-state index contributed by atoms with van der Waals surface area (Å²) >= 11 is 0. The Morgan fingerprint density at radius 1 is 0.952 bits per heavy atom. The maximum Gasteiger partial charge on any atom is 0.416 e. The number of carbonyl (C=O) groups is 1. The highest BCUT2D eigenvalue weighted by molar-refractivity contribution is 6.04. The lowest BCUT2D eigenvalue weighted by Crippen LogP contribution is -2.13. The van der Waals surface area contributed by atoms with E-state index in [1.54, 1.807) is 0 Å². The maximum atomic E-state index is 13.0. The third kappa shape index (κ3) is 3.77. The Labute approximate surface area is 116 Å². The van der Waals surface area contributed by atoms with Gasteiger partial charge in [-0.1, -0.05) is 6.07 Å². The second kappa shape index (κ2) is 5.51. The normalized spacial score (nSPS) is 11.3. The molecular weight excluding hydrogens is 293 g/mol. The van der Waals surface area contributed by atoms with E-state index in [0.717, 1.165) is 30.3 Å². The van der Waals surface area contributed by atoms with E-state index in [9.17, 15) is 26.7 Å². The van der Waals surface area contributed by atoms with Gasteiger partial charge in [0.25, 0.3) is 5.91 Å². The summed E-state index contributed by atoms with van der Waals surface area (Å²) in [6.45, 7) is 0. The van der Waals surface area contributed by atoms with Crippen LogP contribution in [0.3, 0.4) is 0 Å². The average Bonchev–Trinajstić information content (AvgIpc) is 2.37. The molecule has 0 heterocycles. The average molecular weight is 301 g/mol. The van der Waals surface area contributed by atoms with Crippen molar-refractivity contribution in [1.29, 1.82) is 0 Å². The van der Waals surface area contributed by atoms with E-state index in [-0.39, 0.29) is 11.3 Å². The number of anilines is 1. The van der Waals surface area contributed by atoms with Crippen molar-refractivity contribution in [2.45, 2.75) is 6.18 Å². The molecule has 0 saturated carbocycles. The molecule has 0 saturated heterocycles. The van der Waals surface area contributed by atoms with Crippen LogP contribution in [0.4, 0.5) is 27.6 Å². The van der Waals surface area contributed by atoms with Gasteiger partial charge in [-0.25, -0.2) is 8.78 Å². The van der Waals surface area contributed by atoms with Crippen LogP contribution < -0.4 is 5.32 Å². The lowest BCUT2D eigenvalue weighted by Gasteiger charge is -2.10. The molecule has 0 aliphatic carbocycles. The molecule has 0 bridgehead atoms. The van der Waals surface area contributed by atoms with Crippen LogP contribution in [-0.2, 0) is 6.18 Å². The Morgan fingerprint density at radius 3 is 2.14 bits per heavy atom. The number of halogens is 5. The number of rotatable bonds is 2. The molecule has 0 aliphatic heterocycles. The lowest BCUT2D eigenvalue weighted by atomic mass is 10.1. The Balaban J connectivity index is 2.23. The van der Waals surface area contributed by atoms with Crippen LogP contribution in [0, 0.1) is 11.6 Å². The smallest absolute Gasteiger partial charge is 0.322 e. The van der Waals surface area contributed by atoms with Crippen molar-refractivity contribution in [3.05, 3.63) is 65.2 Å². The predicted molar refractivity (Wildman–Crippen MR) is 65.8 cm³/mol. The number of hydrogen-bond acceptors (Lipinski definition) is 1. The molecule has 1 N–H and O–H groups in total. The summed E-state index contributed by atoms with van der Waals surface area (Å²) in [5.74, 6) is -2.82. The molecule has 2 rings (SSSR count). The fourth-order valence-corrected chi connectivity index (χ4v) is 1.66. The van der Waals surface area contributed by atoms with Crippen molar-refractivity contribution in [1.82, 2.24) is 0 Å². The molecule has 2 nitrogen and oxygen atoms in total. The summed E-state index contributed by atoms with van der Waals surface area (Å²) in [6, 6.07) is 6.08. The molecular formula is C14H8F5NO. The minimum absolute atomic E-state index is 0.125. The van der Waals surface area contributed by atoms with Crippen LogP contribution >= 0.6 is 0 Å². The van der Waals surface area contributed by atoms with Gasteiger partial charge in [0, 0.05) is 17.3 Å². The number of hydrogen-bond donors (Lipinski definition) is 1. The highest BCUT2D eigenvalue weighted by Gasteiger charge is 2.30. The number of nitrogens with one attached hydrogen (secondary N) is 1. The van der Waals surface area contributed by atoms with Gasteiger partial charge in [-0.15, -0.1) is 0 Å². The Morgan fingerprint density at radius 2 is 1.57 bits per heavy atom. The third-order valence-electron chi connectivity index (χ3n) is 2.57. The molecule has 0 fully saturated rings. The Kier molecular flexibility index (Phi) is 3.93. The monoisotopic (exact) mass is 301 g/mol. The maximum absolute atomic E-state index is 13.0. The van der Waals surface area contributed by atoms with Crippen LogP contribution in [-0.4, -0.2) is 5.91 Å². The number of carbonyl (C=O) groups excluding carboxylic acids is 1. The number of amides is 1. The van der Waals surface area contributed by atoms with Crippen LogP contribution in [0.15, 0.2) is 42.5 Å². The molecule has 0 atom stereocenters. The summed E-state index contributed by atoms with van der Waals surface area (Å²) in [6.07, 6.45) is -4.55. The first-order valence-corrected chi connectivity index (χ1v) is 5.70. The SMILES string of the molecule is O=C(Nc1cccc(C(F)(F)F)c1)c1cc(F)cc(F)c1. The van der Waals surface area contributed by atoms with E-state index >= 15 is 0 Å². The highest BCUT2D eigenvalue weighted by atomic mass is 19.4. The van der Waals surface area contributed by atoms with Gasteiger partial charge in [0.05, 0.1) is 5.56 Å². The van der Waals surface area contributed by atoms with Gasteiger partial charge in [0.1, 0.15) is 11.6 Å². The zero-order chi connectivity index (χ0) is 15.6. The summed E-state index contributed by atoms with van der Waals surface area (Å²) in [7, 11) is 0. The van der Waals surface area contributed by atoms with Crippen molar-refractivity contribution >= 4 is 11.6 Å². The number of benzene rings is 2. The first-order valence-electron chi connectivity index (χ1n) is 5.70. The Hall–Kier alpha value is -2.44. The van der Waals surface area contributed by atoms with Crippen molar-refractivity contribution in [2.75, 3.05) is 5.32 Å². The van der Waals surface area contributed by atoms with Crippen LogP contribution in [0.5, 0.6) is 0 Å². The van der Waals surface area contributed by atoms with E-state index in [4.69, 9.17) is 0 Å². The molecule has 7 heteroatoms. The zero-order valence-corrected chi connectivity index (χ0v) is 10.3. The molecule has 2 aromatic rings. The Bertz CT molecular complexity index is 661. The first kappa shape index (κ1) is 15.0. The van der Waals surface area contributed by atoms with E-state index in [1.165, 1.54) is 6.07 Å². The fourth-order valence-electron chi connectivity index (χ4n) is 1.66. The van der Waals surface area contributed by atoms with E-state index in [1.807, 2.05) is 0 Å². The second-order valence-corrected chi connectivity index (χ2v) is 4.19. The van der Waals surface area contributed by atoms with Crippen molar-refractivity contribution in [3.8, 4) is 0 Å². The van der Waals surface area contributed by atoms with Crippen molar-refractivity contribution < 1.29 is 26.7 Å². The van der Waals surface area contributed by atoms with Gasteiger partial charge < -0.3 is 5.32 Å². The van der Waals surface area contributed by atoms with Gasteiger partial charge in [-0.2, -0.15) is 13.2 Å². The lowest BCUT2D eigenvalue weighted by molar-refractivity contribution is -0.137. The largest absolute Gasteiger partial charge is 0.416 e. The molecule has 0 spiro atoms. The van der Waals surface area contributed by atoms with Crippen molar-refractivity contribution in [3.63, 3.8) is 0 Å². The minimum Gasteiger partial charge on any atom is -0.322 e. The zero-order valence-electron chi connectivity index (χ0n) is 10.3. The quantitative estimate of drug-likeness (QED) is 0.826. The van der Waals surface area contributed by atoms with Gasteiger partial charge >= 0.3 is 6.18 Å². The van der Waals surface area contributed by atoms with Crippen LogP contribution in [0.1, 0.15) is 15.9 Å². The predicted octanol–water partition coefficient (Wildman–Crippen LogP) is 4.24. The molecule has 2 aromatic carbocycles. The van der Waals surface area contributed by atoms with Crippen LogP contribution in [0.25, 0.3) is 0 Å². The van der Waals surface area contributed by atoms with Gasteiger partial charge in [-0.3, -0.25) is 4.79 Å². The second-order valence-electron chi connectivity index (χ2n) is 4.19. The molecule has 0 unspecified atom stereocenters. The summed E-state index contributed by atoms with van der Waals surface area (Å²) < 4.78 is 63.5. The van der Waals surface area contributed by atoms with Crippen LogP contribution in [0.2, 0.25) is 0 Å². The summed E-state index contributed by atoms with van der Waals surface area (Å²) in [5.41, 5.74) is -1.39. The molecule has 1 amide bonds. The fraction of sp³-hybridized carbons (Fsp3) is 0.0714. The molecule has 21 heavy (non-hydrogen) atoms. The molecule has 0 aromatic heterocycles. The van der Waals surface area contributed by atoms with Crippen molar-refractivity contribution in [2.24, 2.45) is 0 Å². The van der Waals surface area contributed by atoms with E-state index in [2.05, 4.69) is 5.32 Å². The topological polar surface area (TPSA) is 29.1 Å².